The Morgan fingerprint density at radius 1 is 0.704 bits per heavy atom. The lowest BCUT2D eigenvalue weighted by Crippen LogP contribution is -2.24. The molecule has 0 unspecified atom stereocenters. The Kier molecular flexibility index (Phi) is 6.28. The number of hydrogen-bond donors (Lipinski definition) is 0. The van der Waals surface area contributed by atoms with Gasteiger partial charge in [-0.1, -0.05) is 75.2 Å². The third-order valence-corrected chi connectivity index (χ3v) is 4.75. The van der Waals surface area contributed by atoms with E-state index >= 15 is 0 Å². The topological polar surface area (TPSA) is 58.9 Å². The Hall–Kier alpha value is -2.80. The van der Waals surface area contributed by atoms with Crippen LogP contribution in [0.3, 0.4) is 0 Å². The average Bonchev–Trinajstić information content (AvgIpc) is 2.60. The molecule has 0 heterocycles. The maximum absolute atomic E-state index is 11.4. The van der Waals surface area contributed by atoms with E-state index < -0.39 is 5.66 Å². The normalized spacial score (nSPS) is 13.0. The molecule has 0 saturated carbocycles. The fourth-order valence-corrected chi connectivity index (χ4v) is 3.30. The summed E-state index contributed by atoms with van der Waals surface area (Å²) in [6.45, 7) is 12.3. The number of carbonyl (C=O) groups excluding carboxylic acids is 2. The number of benzene rings is 2. The first-order valence-electron chi connectivity index (χ1n) is 9.15. The van der Waals surface area contributed by atoms with E-state index in [1.165, 1.54) is 0 Å². The van der Waals surface area contributed by atoms with Gasteiger partial charge >= 0.3 is 0 Å². The first-order chi connectivity index (χ1) is 12.7. The van der Waals surface area contributed by atoms with Crippen LogP contribution in [0.5, 0.6) is 0 Å². The van der Waals surface area contributed by atoms with Crippen LogP contribution in [0.15, 0.2) is 46.4 Å². The molecule has 4 nitrogen and oxygen atoms in total. The number of nitrogens with zero attached hydrogens (tertiary/aromatic N) is 2. The molecule has 0 saturated heterocycles. The molecule has 2 aromatic rings. The standard InChI is InChI=1S/C23H26N2O2/c1-15(2)19-10-20(16(3)4)12-22(11-19)23(24-13-26,25-14-27)21-8-17(5)7-18(6)9-21/h7-12,15-16H,1-6H3. The van der Waals surface area contributed by atoms with Gasteiger partial charge in [-0.2, -0.15) is 9.98 Å². The maximum atomic E-state index is 11.4. The van der Waals surface area contributed by atoms with Gasteiger partial charge in [-0.3, -0.25) is 0 Å². The van der Waals surface area contributed by atoms with Crippen LogP contribution in [0.1, 0.15) is 72.9 Å². The van der Waals surface area contributed by atoms with Crippen molar-refractivity contribution in [2.45, 2.75) is 59.0 Å². The van der Waals surface area contributed by atoms with Gasteiger partial charge in [0.2, 0.25) is 17.8 Å². The zero-order chi connectivity index (χ0) is 20.2. The van der Waals surface area contributed by atoms with E-state index in [-0.39, 0.29) is 11.8 Å². The SMILES string of the molecule is Cc1cc(C)cc(C(N=C=O)(N=C=O)c2cc(C(C)C)cc(C(C)C)c2)c1. The minimum absolute atomic E-state index is 0.278. The molecular weight excluding hydrogens is 336 g/mol. The van der Waals surface area contributed by atoms with E-state index in [4.69, 9.17) is 0 Å². The fourth-order valence-electron chi connectivity index (χ4n) is 3.30. The highest BCUT2D eigenvalue weighted by atomic mass is 16.1. The minimum Gasteiger partial charge on any atom is -0.211 e. The van der Waals surface area contributed by atoms with Crippen LogP contribution in [0.25, 0.3) is 0 Å². The molecule has 0 fully saturated rings. The maximum Gasteiger partial charge on any atom is 0.238 e. The molecule has 0 N–H and O–H groups in total. The quantitative estimate of drug-likeness (QED) is 0.508. The lowest BCUT2D eigenvalue weighted by Gasteiger charge is -2.26. The number of aliphatic imine (C=N–C) groups is 2. The summed E-state index contributed by atoms with van der Waals surface area (Å²) in [5, 5.41) is 0. The van der Waals surface area contributed by atoms with Crippen molar-refractivity contribution in [2.24, 2.45) is 9.98 Å². The van der Waals surface area contributed by atoms with Gasteiger partial charge < -0.3 is 0 Å². The summed E-state index contributed by atoms with van der Waals surface area (Å²) in [6, 6.07) is 11.9. The van der Waals surface area contributed by atoms with E-state index in [0.29, 0.717) is 11.1 Å². The summed E-state index contributed by atoms with van der Waals surface area (Å²) in [5.41, 5.74) is 4.06. The van der Waals surface area contributed by atoms with Crippen molar-refractivity contribution in [1.29, 1.82) is 0 Å². The van der Waals surface area contributed by atoms with Crippen molar-refractivity contribution in [3.05, 3.63) is 69.8 Å². The summed E-state index contributed by atoms with van der Waals surface area (Å²) < 4.78 is 0. The molecule has 140 valence electrons. The molecule has 2 aromatic carbocycles. The molecule has 0 aliphatic carbocycles. The zero-order valence-electron chi connectivity index (χ0n) is 16.8. The zero-order valence-corrected chi connectivity index (χ0v) is 16.8. The highest BCUT2D eigenvalue weighted by Crippen LogP contribution is 2.38. The number of aryl methyl sites for hydroxylation is 2. The Morgan fingerprint density at radius 3 is 1.48 bits per heavy atom. The second-order valence-corrected chi connectivity index (χ2v) is 7.65. The molecule has 0 aliphatic rings. The largest absolute Gasteiger partial charge is 0.238 e. The minimum atomic E-state index is -1.48. The summed E-state index contributed by atoms with van der Waals surface area (Å²) in [6.07, 6.45) is 3.26. The van der Waals surface area contributed by atoms with Crippen molar-refractivity contribution >= 4 is 12.2 Å². The first kappa shape index (κ1) is 20.5. The van der Waals surface area contributed by atoms with Crippen molar-refractivity contribution in [2.75, 3.05) is 0 Å². The highest BCUT2D eigenvalue weighted by molar-refractivity contribution is 5.52. The predicted octanol–water partition coefficient (Wildman–Crippen LogP) is 5.42. The number of rotatable bonds is 6. The van der Waals surface area contributed by atoms with Gasteiger partial charge in [-0.15, -0.1) is 0 Å². The molecular formula is C23H26N2O2. The van der Waals surface area contributed by atoms with Gasteiger partial charge in [0.15, 0.2) is 0 Å². The van der Waals surface area contributed by atoms with Crippen LogP contribution in [0.2, 0.25) is 0 Å². The second-order valence-electron chi connectivity index (χ2n) is 7.65. The highest BCUT2D eigenvalue weighted by Gasteiger charge is 2.36. The molecule has 0 spiro atoms. The molecule has 0 bridgehead atoms. The van der Waals surface area contributed by atoms with Crippen molar-refractivity contribution in [3.63, 3.8) is 0 Å². The van der Waals surface area contributed by atoms with Crippen LogP contribution in [0, 0.1) is 13.8 Å². The fraction of sp³-hybridized carbons (Fsp3) is 0.391. The summed E-state index contributed by atoms with van der Waals surface area (Å²) in [5.74, 6) is 0.555. The lowest BCUT2D eigenvalue weighted by atomic mass is 9.85. The van der Waals surface area contributed by atoms with Gasteiger partial charge in [0, 0.05) is 11.1 Å². The molecule has 0 aromatic heterocycles. The van der Waals surface area contributed by atoms with Crippen LogP contribution in [-0.2, 0) is 15.3 Å². The number of hydrogen-bond acceptors (Lipinski definition) is 4. The van der Waals surface area contributed by atoms with Gasteiger partial charge in [-0.25, -0.2) is 9.59 Å². The molecule has 0 amide bonds. The van der Waals surface area contributed by atoms with E-state index in [0.717, 1.165) is 22.3 Å². The third-order valence-electron chi connectivity index (χ3n) is 4.75. The van der Waals surface area contributed by atoms with E-state index in [9.17, 15) is 9.59 Å². The first-order valence-corrected chi connectivity index (χ1v) is 9.15. The summed E-state index contributed by atoms with van der Waals surface area (Å²) >= 11 is 0. The van der Waals surface area contributed by atoms with E-state index in [2.05, 4.69) is 43.7 Å². The predicted molar refractivity (Wildman–Crippen MR) is 108 cm³/mol. The van der Waals surface area contributed by atoms with Crippen molar-refractivity contribution in [3.8, 4) is 0 Å². The van der Waals surface area contributed by atoms with Crippen molar-refractivity contribution < 1.29 is 9.59 Å². The smallest absolute Gasteiger partial charge is 0.211 e. The molecule has 2 rings (SSSR count). The molecule has 0 atom stereocenters. The van der Waals surface area contributed by atoms with Gasteiger partial charge in [0.05, 0.1) is 0 Å². The van der Waals surface area contributed by atoms with Crippen LogP contribution in [-0.4, -0.2) is 12.2 Å². The Morgan fingerprint density at radius 2 is 1.11 bits per heavy atom. The number of isocyanates is 2. The Balaban J connectivity index is 2.94. The van der Waals surface area contributed by atoms with Crippen molar-refractivity contribution in [1.82, 2.24) is 0 Å². The molecule has 0 radical (unpaired) electrons. The van der Waals surface area contributed by atoms with Gasteiger partial charge in [0.1, 0.15) is 0 Å². The van der Waals surface area contributed by atoms with Crippen LogP contribution >= 0.6 is 0 Å². The molecule has 4 heteroatoms. The summed E-state index contributed by atoms with van der Waals surface area (Å²) in [7, 11) is 0. The Labute approximate surface area is 161 Å². The average molecular weight is 362 g/mol. The Bertz CT molecular complexity index is 867. The van der Waals surface area contributed by atoms with E-state index in [1.54, 1.807) is 12.2 Å². The molecule has 0 aliphatic heterocycles. The lowest BCUT2D eigenvalue weighted by molar-refractivity contribution is 0.515. The van der Waals surface area contributed by atoms with Gasteiger partial charge in [-0.05, 0) is 36.8 Å². The second kappa shape index (κ2) is 8.26. The summed E-state index contributed by atoms with van der Waals surface area (Å²) in [4.78, 5) is 30.8. The molecule has 27 heavy (non-hydrogen) atoms. The van der Waals surface area contributed by atoms with Crippen LogP contribution in [0.4, 0.5) is 0 Å². The third kappa shape index (κ3) is 4.31. The van der Waals surface area contributed by atoms with E-state index in [1.807, 2.05) is 44.2 Å². The monoisotopic (exact) mass is 362 g/mol. The van der Waals surface area contributed by atoms with Crippen LogP contribution < -0.4 is 0 Å². The van der Waals surface area contributed by atoms with Gasteiger partial charge in [0.25, 0.3) is 0 Å².